The van der Waals surface area contributed by atoms with Crippen molar-refractivity contribution in [3.8, 4) is 5.75 Å². The molecule has 0 heterocycles. The van der Waals surface area contributed by atoms with Gasteiger partial charge in [0.1, 0.15) is 12.4 Å². The minimum Gasteiger partial charge on any atom is -0.489 e. The molecule has 0 unspecified atom stereocenters. The highest BCUT2D eigenvalue weighted by Gasteiger charge is 2.06. The summed E-state index contributed by atoms with van der Waals surface area (Å²) in [7, 11) is 4.21. The highest BCUT2D eigenvalue weighted by atomic mass is 16.5. The zero-order chi connectivity index (χ0) is 16.5. The molecule has 2 aromatic carbocycles. The molecular formula is C19H25N2O2+. The standard InChI is InChI=1S/C19H24N2O2/c1-21(2)13-7-12-20-19(22)17-10-6-11-18(14-17)23-15-16-8-4-3-5-9-16/h3-6,8-11,14H,7,12-13,15H2,1-2H3,(H,20,22)/p+1. The van der Waals surface area contributed by atoms with E-state index in [1.165, 1.54) is 4.90 Å². The lowest BCUT2D eigenvalue weighted by molar-refractivity contribution is -0.858. The molecule has 2 N–H and O–H groups in total. The third-order valence-electron chi connectivity index (χ3n) is 3.48. The van der Waals surface area contributed by atoms with Gasteiger partial charge in [-0.15, -0.1) is 0 Å². The summed E-state index contributed by atoms with van der Waals surface area (Å²) >= 11 is 0. The van der Waals surface area contributed by atoms with Crippen LogP contribution in [0, 0.1) is 0 Å². The number of quaternary nitrogens is 1. The van der Waals surface area contributed by atoms with Gasteiger partial charge < -0.3 is 15.0 Å². The smallest absolute Gasteiger partial charge is 0.251 e. The molecule has 4 nitrogen and oxygen atoms in total. The van der Waals surface area contributed by atoms with E-state index in [9.17, 15) is 4.79 Å². The number of rotatable bonds is 8. The number of nitrogens with one attached hydrogen (secondary N) is 2. The van der Waals surface area contributed by atoms with Crippen molar-refractivity contribution < 1.29 is 14.4 Å². The van der Waals surface area contributed by atoms with Gasteiger partial charge in [0.25, 0.3) is 5.91 Å². The van der Waals surface area contributed by atoms with Gasteiger partial charge in [0.05, 0.1) is 20.6 Å². The van der Waals surface area contributed by atoms with Crippen LogP contribution in [0.5, 0.6) is 5.75 Å². The van der Waals surface area contributed by atoms with E-state index in [1.807, 2.05) is 48.5 Å². The van der Waals surface area contributed by atoms with E-state index in [1.54, 1.807) is 6.07 Å². The molecule has 0 saturated carbocycles. The molecule has 0 aliphatic heterocycles. The van der Waals surface area contributed by atoms with E-state index in [0.717, 1.165) is 18.5 Å². The van der Waals surface area contributed by atoms with E-state index in [4.69, 9.17) is 4.74 Å². The molecule has 2 aromatic rings. The largest absolute Gasteiger partial charge is 0.489 e. The van der Waals surface area contributed by atoms with Crippen molar-refractivity contribution >= 4 is 5.91 Å². The van der Waals surface area contributed by atoms with Crippen LogP contribution in [0.4, 0.5) is 0 Å². The summed E-state index contributed by atoms with van der Waals surface area (Å²) < 4.78 is 5.76. The van der Waals surface area contributed by atoms with Crippen molar-refractivity contribution in [1.29, 1.82) is 0 Å². The number of amides is 1. The fraction of sp³-hybridized carbons (Fsp3) is 0.316. The molecule has 122 valence electrons. The second-order valence-corrected chi connectivity index (χ2v) is 5.87. The maximum atomic E-state index is 12.1. The summed E-state index contributed by atoms with van der Waals surface area (Å²) in [5.41, 5.74) is 1.74. The van der Waals surface area contributed by atoms with Gasteiger partial charge in [-0.2, -0.15) is 0 Å². The van der Waals surface area contributed by atoms with Gasteiger partial charge in [0.2, 0.25) is 0 Å². The summed E-state index contributed by atoms with van der Waals surface area (Å²) in [5, 5.41) is 2.95. The van der Waals surface area contributed by atoms with Gasteiger partial charge in [-0.3, -0.25) is 4.79 Å². The third-order valence-corrected chi connectivity index (χ3v) is 3.48. The van der Waals surface area contributed by atoms with Crippen molar-refractivity contribution in [2.75, 3.05) is 27.2 Å². The fourth-order valence-corrected chi connectivity index (χ4v) is 2.21. The van der Waals surface area contributed by atoms with Crippen LogP contribution in [0.1, 0.15) is 22.3 Å². The number of carbonyl (C=O) groups excluding carboxylic acids is 1. The van der Waals surface area contributed by atoms with Crippen LogP contribution in [0.3, 0.4) is 0 Å². The molecule has 4 heteroatoms. The molecule has 0 aliphatic carbocycles. The van der Waals surface area contributed by atoms with Gasteiger partial charge in [0.15, 0.2) is 0 Å². The van der Waals surface area contributed by atoms with Gasteiger partial charge in [-0.05, 0) is 23.8 Å². The van der Waals surface area contributed by atoms with E-state index in [-0.39, 0.29) is 5.91 Å². The molecule has 0 bridgehead atoms. The SMILES string of the molecule is C[NH+](C)CCCNC(=O)c1cccc(OCc2ccccc2)c1. The summed E-state index contributed by atoms with van der Waals surface area (Å²) in [4.78, 5) is 13.5. The summed E-state index contributed by atoms with van der Waals surface area (Å²) in [6, 6.07) is 17.3. The van der Waals surface area contributed by atoms with Crippen LogP contribution in [0.25, 0.3) is 0 Å². The lowest BCUT2D eigenvalue weighted by Crippen LogP contribution is -3.05. The lowest BCUT2D eigenvalue weighted by atomic mass is 10.2. The molecular weight excluding hydrogens is 288 g/mol. The molecule has 0 aromatic heterocycles. The number of hydrogen-bond acceptors (Lipinski definition) is 2. The van der Waals surface area contributed by atoms with E-state index in [0.29, 0.717) is 24.5 Å². The normalized spacial score (nSPS) is 10.6. The first kappa shape index (κ1) is 17.0. The maximum absolute atomic E-state index is 12.1. The quantitative estimate of drug-likeness (QED) is 0.726. The van der Waals surface area contributed by atoms with Crippen molar-refractivity contribution in [3.05, 3.63) is 65.7 Å². The predicted molar refractivity (Wildman–Crippen MR) is 91.8 cm³/mol. The van der Waals surface area contributed by atoms with Gasteiger partial charge in [-0.1, -0.05) is 36.4 Å². The Morgan fingerprint density at radius 1 is 1.09 bits per heavy atom. The molecule has 0 aliphatic rings. The molecule has 0 fully saturated rings. The van der Waals surface area contributed by atoms with Crippen LogP contribution in [-0.2, 0) is 6.61 Å². The van der Waals surface area contributed by atoms with Gasteiger partial charge >= 0.3 is 0 Å². The van der Waals surface area contributed by atoms with Gasteiger partial charge in [-0.25, -0.2) is 0 Å². The lowest BCUT2D eigenvalue weighted by Gasteiger charge is -2.10. The Balaban J connectivity index is 1.85. The average molecular weight is 313 g/mol. The van der Waals surface area contributed by atoms with E-state index >= 15 is 0 Å². The van der Waals surface area contributed by atoms with Crippen LogP contribution in [0.2, 0.25) is 0 Å². The van der Waals surface area contributed by atoms with Crippen molar-refractivity contribution in [2.45, 2.75) is 13.0 Å². The first-order valence-electron chi connectivity index (χ1n) is 7.99. The van der Waals surface area contributed by atoms with E-state index in [2.05, 4.69) is 19.4 Å². The number of ether oxygens (including phenoxy) is 1. The van der Waals surface area contributed by atoms with Crippen LogP contribution in [0.15, 0.2) is 54.6 Å². The number of benzene rings is 2. The molecule has 2 rings (SSSR count). The predicted octanol–water partition coefficient (Wildman–Crippen LogP) is 1.53. The first-order chi connectivity index (χ1) is 11.1. The highest BCUT2D eigenvalue weighted by molar-refractivity contribution is 5.94. The maximum Gasteiger partial charge on any atom is 0.251 e. The van der Waals surface area contributed by atoms with Gasteiger partial charge in [0, 0.05) is 18.5 Å². The Morgan fingerprint density at radius 2 is 1.87 bits per heavy atom. The molecule has 0 radical (unpaired) electrons. The second kappa shape index (κ2) is 8.96. The monoisotopic (exact) mass is 313 g/mol. The molecule has 23 heavy (non-hydrogen) atoms. The molecule has 0 spiro atoms. The number of hydrogen-bond donors (Lipinski definition) is 2. The minimum atomic E-state index is -0.0519. The summed E-state index contributed by atoms with van der Waals surface area (Å²) in [5.74, 6) is 0.656. The van der Waals surface area contributed by atoms with Crippen molar-refractivity contribution in [3.63, 3.8) is 0 Å². The Kier molecular flexibility index (Phi) is 6.63. The zero-order valence-electron chi connectivity index (χ0n) is 13.8. The number of carbonyl (C=O) groups is 1. The summed E-state index contributed by atoms with van der Waals surface area (Å²) in [6.07, 6.45) is 0.971. The molecule has 0 atom stereocenters. The Labute approximate surface area is 138 Å². The Morgan fingerprint density at radius 3 is 2.61 bits per heavy atom. The zero-order valence-corrected chi connectivity index (χ0v) is 13.8. The summed E-state index contributed by atoms with van der Waals surface area (Å²) in [6.45, 7) is 2.23. The Bertz CT molecular complexity index is 612. The van der Waals surface area contributed by atoms with Crippen LogP contribution >= 0.6 is 0 Å². The molecule has 1 amide bonds. The second-order valence-electron chi connectivity index (χ2n) is 5.87. The van der Waals surface area contributed by atoms with Crippen molar-refractivity contribution in [2.24, 2.45) is 0 Å². The highest BCUT2D eigenvalue weighted by Crippen LogP contribution is 2.15. The Hall–Kier alpha value is -2.33. The van der Waals surface area contributed by atoms with Crippen LogP contribution in [-0.4, -0.2) is 33.1 Å². The minimum absolute atomic E-state index is 0.0519. The average Bonchev–Trinajstić information content (AvgIpc) is 2.58. The van der Waals surface area contributed by atoms with Crippen molar-refractivity contribution in [1.82, 2.24) is 5.32 Å². The fourth-order valence-electron chi connectivity index (χ4n) is 2.21. The van der Waals surface area contributed by atoms with Crippen LogP contribution < -0.4 is 15.0 Å². The first-order valence-corrected chi connectivity index (χ1v) is 7.99. The third kappa shape index (κ3) is 6.12. The topological polar surface area (TPSA) is 42.8 Å². The van der Waals surface area contributed by atoms with E-state index < -0.39 is 0 Å². The molecule has 0 saturated heterocycles.